The topological polar surface area (TPSA) is 44.4 Å². The van der Waals surface area contributed by atoms with Crippen LogP contribution < -0.4 is 10.6 Å². The fraction of sp³-hybridized carbons (Fsp3) is 0.917. The quantitative estimate of drug-likeness (QED) is 0.670. The zero-order valence-corrected chi connectivity index (χ0v) is 10.4. The summed E-state index contributed by atoms with van der Waals surface area (Å²) in [6.45, 7) is 8.77. The molecule has 0 saturated carbocycles. The van der Waals surface area contributed by atoms with Crippen molar-refractivity contribution in [2.45, 2.75) is 32.7 Å². The normalized spacial score (nSPS) is 27.9. The van der Waals surface area contributed by atoms with Crippen molar-refractivity contribution in [2.24, 2.45) is 5.41 Å². The van der Waals surface area contributed by atoms with E-state index in [0.717, 1.165) is 45.6 Å². The van der Waals surface area contributed by atoms with Gasteiger partial charge < -0.3 is 15.5 Å². The number of amides is 1. The van der Waals surface area contributed by atoms with Crippen molar-refractivity contribution in [1.82, 2.24) is 15.5 Å². The van der Waals surface area contributed by atoms with Crippen LogP contribution in [0.25, 0.3) is 0 Å². The molecule has 2 saturated heterocycles. The maximum absolute atomic E-state index is 12.4. The molecule has 0 spiro atoms. The van der Waals surface area contributed by atoms with Crippen LogP contribution in [0.3, 0.4) is 0 Å². The molecule has 2 N–H and O–H groups in total. The number of piperidine rings is 1. The van der Waals surface area contributed by atoms with Crippen LogP contribution in [0.1, 0.15) is 26.7 Å². The van der Waals surface area contributed by atoms with Gasteiger partial charge in [-0.25, -0.2) is 0 Å². The van der Waals surface area contributed by atoms with E-state index < -0.39 is 0 Å². The largest absolute Gasteiger partial charge is 0.338 e. The molecule has 16 heavy (non-hydrogen) atoms. The van der Waals surface area contributed by atoms with E-state index in [2.05, 4.69) is 15.5 Å². The average Bonchev–Trinajstić information content (AvgIpc) is 2.41. The third-order valence-electron chi connectivity index (χ3n) is 3.69. The Morgan fingerprint density at radius 2 is 1.88 bits per heavy atom. The molecular weight excluding hydrogens is 202 g/mol. The van der Waals surface area contributed by atoms with Crippen LogP contribution in [-0.2, 0) is 4.79 Å². The Balaban J connectivity index is 2.08. The second-order valence-electron chi connectivity index (χ2n) is 5.54. The number of hydrogen-bond acceptors (Lipinski definition) is 3. The molecule has 2 rings (SSSR count). The van der Waals surface area contributed by atoms with Crippen LogP contribution in [0.15, 0.2) is 0 Å². The highest BCUT2D eigenvalue weighted by atomic mass is 16.2. The van der Waals surface area contributed by atoms with E-state index >= 15 is 0 Å². The highest BCUT2D eigenvalue weighted by Gasteiger charge is 2.37. The van der Waals surface area contributed by atoms with Crippen molar-refractivity contribution >= 4 is 5.91 Å². The summed E-state index contributed by atoms with van der Waals surface area (Å²) in [7, 11) is 0. The summed E-state index contributed by atoms with van der Waals surface area (Å²) in [4.78, 5) is 14.5. The molecule has 0 aliphatic carbocycles. The van der Waals surface area contributed by atoms with Crippen LogP contribution in [0.2, 0.25) is 0 Å². The van der Waals surface area contributed by atoms with Gasteiger partial charge in [0.2, 0.25) is 5.91 Å². The summed E-state index contributed by atoms with van der Waals surface area (Å²) < 4.78 is 0. The smallest absolute Gasteiger partial charge is 0.229 e. The molecule has 0 atom stereocenters. The van der Waals surface area contributed by atoms with Crippen molar-refractivity contribution in [1.29, 1.82) is 0 Å². The van der Waals surface area contributed by atoms with Gasteiger partial charge in [-0.3, -0.25) is 4.79 Å². The fourth-order valence-electron chi connectivity index (χ4n) is 2.63. The number of carbonyl (C=O) groups is 1. The van der Waals surface area contributed by atoms with Gasteiger partial charge in [0.25, 0.3) is 0 Å². The minimum atomic E-state index is -0.249. The molecule has 4 heteroatoms. The number of carbonyl (C=O) groups excluding carboxylic acids is 1. The van der Waals surface area contributed by atoms with Crippen molar-refractivity contribution in [2.75, 3.05) is 32.7 Å². The molecule has 0 aromatic heterocycles. The van der Waals surface area contributed by atoms with Crippen LogP contribution >= 0.6 is 0 Å². The highest BCUT2D eigenvalue weighted by Crippen LogP contribution is 2.23. The first-order chi connectivity index (χ1) is 7.61. The zero-order valence-electron chi connectivity index (χ0n) is 10.4. The summed E-state index contributed by atoms with van der Waals surface area (Å²) in [6.07, 6.45) is 2.20. The van der Waals surface area contributed by atoms with Crippen LogP contribution in [0.5, 0.6) is 0 Å². The van der Waals surface area contributed by atoms with Crippen molar-refractivity contribution in [3.05, 3.63) is 0 Å². The molecule has 0 aromatic rings. The molecule has 2 heterocycles. The minimum absolute atomic E-state index is 0.249. The second kappa shape index (κ2) is 4.72. The average molecular weight is 225 g/mol. The Hall–Kier alpha value is -0.610. The van der Waals surface area contributed by atoms with E-state index in [0.29, 0.717) is 11.9 Å². The van der Waals surface area contributed by atoms with Gasteiger partial charge in [-0.2, -0.15) is 0 Å². The first kappa shape index (κ1) is 11.9. The third kappa shape index (κ3) is 2.38. The van der Waals surface area contributed by atoms with E-state index in [1.165, 1.54) is 0 Å². The molecule has 0 radical (unpaired) electrons. The molecule has 2 fully saturated rings. The summed E-state index contributed by atoms with van der Waals surface area (Å²) in [5, 5.41) is 6.71. The lowest BCUT2D eigenvalue weighted by Gasteiger charge is -2.37. The third-order valence-corrected chi connectivity index (χ3v) is 3.69. The van der Waals surface area contributed by atoms with Gasteiger partial charge in [-0.15, -0.1) is 0 Å². The number of hydrogen-bond donors (Lipinski definition) is 2. The fourth-order valence-corrected chi connectivity index (χ4v) is 2.63. The summed E-state index contributed by atoms with van der Waals surface area (Å²) in [6, 6.07) is 0.452. The molecule has 1 amide bonds. The lowest BCUT2D eigenvalue weighted by Crippen LogP contribution is -2.50. The maximum Gasteiger partial charge on any atom is 0.229 e. The standard InChI is InChI=1S/C12H23N3O/c1-12(2)9-14-7-8-15(11(12)16)10-3-5-13-6-4-10/h10,13-14H,3-9H2,1-2H3. The molecule has 0 bridgehead atoms. The van der Waals surface area contributed by atoms with Crippen molar-refractivity contribution < 1.29 is 4.79 Å². The summed E-state index contributed by atoms with van der Waals surface area (Å²) in [5.41, 5.74) is -0.249. The van der Waals surface area contributed by atoms with Gasteiger partial charge in [0.15, 0.2) is 0 Å². The van der Waals surface area contributed by atoms with Crippen molar-refractivity contribution in [3.63, 3.8) is 0 Å². The highest BCUT2D eigenvalue weighted by molar-refractivity contribution is 5.82. The molecule has 0 aromatic carbocycles. The predicted molar refractivity (Wildman–Crippen MR) is 64.3 cm³/mol. The Bertz CT molecular complexity index is 259. The minimum Gasteiger partial charge on any atom is -0.338 e. The number of nitrogens with zero attached hydrogens (tertiary/aromatic N) is 1. The van der Waals surface area contributed by atoms with Gasteiger partial charge in [-0.1, -0.05) is 0 Å². The predicted octanol–water partition coefficient (Wildman–Crippen LogP) is 0.196. The van der Waals surface area contributed by atoms with Gasteiger partial charge in [0, 0.05) is 25.7 Å². The summed E-state index contributed by atoms with van der Waals surface area (Å²) >= 11 is 0. The maximum atomic E-state index is 12.4. The van der Waals surface area contributed by atoms with Gasteiger partial charge in [-0.05, 0) is 39.8 Å². The van der Waals surface area contributed by atoms with E-state index in [1.807, 2.05) is 13.8 Å². The van der Waals surface area contributed by atoms with Crippen molar-refractivity contribution in [3.8, 4) is 0 Å². The zero-order chi connectivity index (χ0) is 11.6. The van der Waals surface area contributed by atoms with E-state index in [4.69, 9.17) is 0 Å². The van der Waals surface area contributed by atoms with Gasteiger partial charge in [0.1, 0.15) is 0 Å². The van der Waals surface area contributed by atoms with E-state index in [9.17, 15) is 4.79 Å². The number of rotatable bonds is 1. The van der Waals surface area contributed by atoms with Gasteiger partial charge in [0.05, 0.1) is 5.41 Å². The first-order valence-electron chi connectivity index (χ1n) is 6.34. The lowest BCUT2D eigenvalue weighted by molar-refractivity contribution is -0.141. The monoisotopic (exact) mass is 225 g/mol. The Labute approximate surface area is 97.8 Å². The van der Waals surface area contributed by atoms with E-state index in [-0.39, 0.29) is 5.41 Å². The lowest BCUT2D eigenvalue weighted by atomic mass is 9.90. The summed E-state index contributed by atoms with van der Waals surface area (Å²) in [5.74, 6) is 0.324. The van der Waals surface area contributed by atoms with Crippen LogP contribution in [0.4, 0.5) is 0 Å². The molecular formula is C12H23N3O. The van der Waals surface area contributed by atoms with Crippen LogP contribution in [-0.4, -0.2) is 49.6 Å². The molecule has 2 aliphatic rings. The van der Waals surface area contributed by atoms with Crippen LogP contribution in [0, 0.1) is 5.41 Å². The number of nitrogens with one attached hydrogen (secondary N) is 2. The van der Waals surface area contributed by atoms with Gasteiger partial charge >= 0.3 is 0 Å². The van der Waals surface area contributed by atoms with E-state index in [1.54, 1.807) is 0 Å². The molecule has 4 nitrogen and oxygen atoms in total. The Morgan fingerprint density at radius 3 is 2.56 bits per heavy atom. The Morgan fingerprint density at radius 1 is 1.19 bits per heavy atom. The molecule has 92 valence electrons. The second-order valence-corrected chi connectivity index (χ2v) is 5.54. The first-order valence-corrected chi connectivity index (χ1v) is 6.34. The molecule has 0 unspecified atom stereocenters. The molecule has 2 aliphatic heterocycles. The Kier molecular flexibility index (Phi) is 3.50. The SMILES string of the molecule is CC1(C)CNCCN(C2CCNCC2)C1=O.